The summed E-state index contributed by atoms with van der Waals surface area (Å²) in [5.74, 6) is 1.25. The molecule has 2 N–H and O–H groups in total. The molecule has 0 aliphatic heterocycles. The highest BCUT2D eigenvalue weighted by Crippen LogP contribution is 2.35. The van der Waals surface area contributed by atoms with Gasteiger partial charge in [-0.2, -0.15) is 0 Å². The van der Waals surface area contributed by atoms with Gasteiger partial charge in [0.25, 0.3) is 5.56 Å². The monoisotopic (exact) mass is 532 g/mol. The Bertz CT molecular complexity index is 1610. The van der Waals surface area contributed by atoms with Crippen LogP contribution in [-0.4, -0.2) is 24.5 Å². The Kier molecular flexibility index (Phi) is 6.40. The number of nitrogens with one attached hydrogen (secondary N) is 2. The molecular weight excluding hydrogens is 508 g/mol. The van der Waals surface area contributed by atoms with E-state index in [1.807, 2.05) is 49.9 Å². The lowest BCUT2D eigenvalue weighted by Gasteiger charge is -2.14. The first-order valence-corrected chi connectivity index (χ1v) is 13.3. The van der Waals surface area contributed by atoms with Gasteiger partial charge in [0.05, 0.1) is 45.4 Å². The van der Waals surface area contributed by atoms with Gasteiger partial charge in [0, 0.05) is 36.0 Å². The Balaban J connectivity index is 1.19. The fourth-order valence-electron chi connectivity index (χ4n) is 4.26. The van der Waals surface area contributed by atoms with Gasteiger partial charge in [-0.15, -0.1) is 0 Å². The lowest BCUT2D eigenvalue weighted by Crippen LogP contribution is -2.19. The van der Waals surface area contributed by atoms with Crippen LogP contribution in [0.25, 0.3) is 21.5 Å². The quantitative estimate of drug-likeness (QED) is 0.239. The zero-order chi connectivity index (χ0) is 25.4. The maximum Gasteiger partial charge on any atom is 0.253 e. The predicted octanol–water partition coefficient (Wildman–Crippen LogP) is 6.06. The van der Waals surface area contributed by atoms with Crippen molar-refractivity contribution in [1.82, 2.24) is 24.5 Å². The molecule has 4 aromatic heterocycles. The first-order valence-electron chi connectivity index (χ1n) is 12.2. The van der Waals surface area contributed by atoms with Crippen LogP contribution in [0.3, 0.4) is 0 Å². The summed E-state index contributed by atoms with van der Waals surface area (Å²) in [5, 5.41) is 5.41. The Morgan fingerprint density at radius 1 is 1.24 bits per heavy atom. The van der Waals surface area contributed by atoms with Crippen LogP contribution in [0, 0.1) is 5.92 Å². The number of pyridine rings is 2. The van der Waals surface area contributed by atoms with Crippen LogP contribution < -0.4 is 15.6 Å². The Morgan fingerprint density at radius 2 is 2.14 bits per heavy atom. The third-order valence-corrected chi connectivity index (χ3v) is 7.70. The third-order valence-electron chi connectivity index (χ3n) is 6.46. The summed E-state index contributed by atoms with van der Waals surface area (Å²) >= 11 is 8.06. The van der Waals surface area contributed by atoms with Crippen molar-refractivity contribution in [3.05, 3.63) is 87.9 Å². The lowest BCUT2D eigenvalue weighted by atomic mass is 10.1. The molecule has 0 saturated heterocycles. The molecule has 5 aromatic rings. The van der Waals surface area contributed by atoms with Crippen molar-refractivity contribution in [2.24, 2.45) is 5.92 Å². The first kappa shape index (κ1) is 23.7. The zero-order valence-corrected chi connectivity index (χ0v) is 21.7. The van der Waals surface area contributed by atoms with Gasteiger partial charge in [0.2, 0.25) is 0 Å². The van der Waals surface area contributed by atoms with Crippen molar-refractivity contribution in [2.45, 2.75) is 39.0 Å². The molecule has 6 rings (SSSR count). The average molecular weight is 533 g/mol. The van der Waals surface area contributed by atoms with Gasteiger partial charge in [0.15, 0.2) is 5.13 Å². The van der Waals surface area contributed by atoms with Gasteiger partial charge in [-0.25, -0.2) is 9.97 Å². The highest BCUT2D eigenvalue weighted by atomic mass is 35.5. The van der Waals surface area contributed by atoms with Crippen molar-refractivity contribution >= 4 is 39.0 Å². The van der Waals surface area contributed by atoms with Crippen LogP contribution in [0.4, 0.5) is 5.13 Å². The number of H-pyrrole nitrogens is 1. The Morgan fingerprint density at radius 3 is 2.95 bits per heavy atom. The number of fused-ring (bicyclic) bond motifs is 1. The van der Waals surface area contributed by atoms with Gasteiger partial charge in [-0.3, -0.25) is 9.78 Å². The van der Waals surface area contributed by atoms with Crippen molar-refractivity contribution in [1.29, 1.82) is 0 Å². The van der Waals surface area contributed by atoms with E-state index < -0.39 is 0 Å². The second kappa shape index (κ2) is 9.99. The molecule has 1 aliphatic carbocycles. The second-order valence-corrected chi connectivity index (χ2v) is 10.7. The summed E-state index contributed by atoms with van der Waals surface area (Å²) in [6.45, 7) is 3.23. The van der Waals surface area contributed by atoms with E-state index in [9.17, 15) is 4.79 Å². The SMILES string of the molecule is C[C@H](Nc1ncc(-c2cncn2CC2CC2)s1)c1cc2cc(Cl)c(OCc3ccccn3)cc2[nH]c1=O. The molecule has 1 aromatic carbocycles. The minimum Gasteiger partial charge on any atom is -0.486 e. The van der Waals surface area contributed by atoms with Gasteiger partial charge >= 0.3 is 0 Å². The Labute approximate surface area is 222 Å². The van der Waals surface area contributed by atoms with Gasteiger partial charge in [-0.05, 0) is 49.9 Å². The van der Waals surface area contributed by atoms with Crippen molar-refractivity contribution in [3.63, 3.8) is 0 Å². The number of hydrogen-bond donors (Lipinski definition) is 2. The van der Waals surface area contributed by atoms with E-state index in [0.717, 1.165) is 39.2 Å². The number of nitrogens with zero attached hydrogens (tertiary/aromatic N) is 4. The van der Waals surface area contributed by atoms with E-state index in [1.54, 1.807) is 29.7 Å². The molecule has 37 heavy (non-hydrogen) atoms. The molecule has 0 bridgehead atoms. The number of rotatable bonds is 9. The molecule has 8 nitrogen and oxygen atoms in total. The second-order valence-electron chi connectivity index (χ2n) is 9.30. The van der Waals surface area contributed by atoms with Crippen molar-refractivity contribution in [2.75, 3.05) is 5.32 Å². The van der Waals surface area contributed by atoms with Crippen molar-refractivity contribution in [3.8, 4) is 16.3 Å². The van der Waals surface area contributed by atoms with Crippen LogP contribution in [0.5, 0.6) is 5.75 Å². The van der Waals surface area contributed by atoms with Gasteiger partial charge < -0.3 is 19.6 Å². The average Bonchev–Trinajstić information content (AvgIpc) is 3.39. The van der Waals surface area contributed by atoms with E-state index in [0.29, 0.717) is 21.9 Å². The van der Waals surface area contributed by atoms with Gasteiger partial charge in [-0.1, -0.05) is 29.0 Å². The summed E-state index contributed by atoms with van der Waals surface area (Å²) in [5.41, 5.74) is 2.94. The van der Waals surface area contributed by atoms with E-state index in [4.69, 9.17) is 16.3 Å². The molecule has 188 valence electrons. The van der Waals surface area contributed by atoms with Crippen LogP contribution in [0.2, 0.25) is 5.02 Å². The summed E-state index contributed by atoms with van der Waals surface area (Å²) in [6.07, 6.45) is 9.92. The lowest BCUT2D eigenvalue weighted by molar-refractivity contribution is 0.302. The molecule has 0 unspecified atom stereocenters. The van der Waals surface area contributed by atoms with E-state index in [1.165, 1.54) is 12.8 Å². The molecule has 4 heterocycles. The fraction of sp³-hybridized carbons (Fsp3) is 0.259. The predicted molar refractivity (Wildman–Crippen MR) is 146 cm³/mol. The number of benzene rings is 1. The number of halogens is 1. The molecule has 1 fully saturated rings. The number of aromatic amines is 1. The minimum atomic E-state index is -0.262. The molecule has 10 heteroatoms. The smallest absolute Gasteiger partial charge is 0.253 e. The molecule has 1 atom stereocenters. The third kappa shape index (κ3) is 5.23. The number of anilines is 1. The van der Waals surface area contributed by atoms with Crippen molar-refractivity contribution < 1.29 is 4.74 Å². The fourth-order valence-corrected chi connectivity index (χ4v) is 5.42. The number of imidazole rings is 1. The Hall–Kier alpha value is -3.69. The summed E-state index contributed by atoms with van der Waals surface area (Å²) in [7, 11) is 0. The van der Waals surface area contributed by atoms with E-state index >= 15 is 0 Å². The topological polar surface area (TPSA) is 97.7 Å². The standard InChI is InChI=1S/C27H25ClN6O2S/c1-16(32-27-31-12-25(37-27)23-11-29-15-34(23)13-17-5-6-17)20-8-18-9-21(28)24(10-22(18)33-26(20)35)36-14-19-4-2-3-7-30-19/h2-4,7-12,15-17H,5-6,13-14H2,1H3,(H,31,32)(H,33,35)/t16-/m0/s1. The summed E-state index contributed by atoms with van der Waals surface area (Å²) in [4.78, 5) is 30.1. The van der Waals surface area contributed by atoms with Crippen LogP contribution in [0.1, 0.15) is 37.1 Å². The largest absolute Gasteiger partial charge is 0.486 e. The number of hydrogen-bond acceptors (Lipinski definition) is 7. The van der Waals surface area contributed by atoms with Crippen LogP contribution in [-0.2, 0) is 13.2 Å². The summed E-state index contributed by atoms with van der Waals surface area (Å²) in [6, 6.07) is 10.8. The van der Waals surface area contributed by atoms with E-state index in [2.05, 4.69) is 29.8 Å². The van der Waals surface area contributed by atoms with E-state index in [-0.39, 0.29) is 18.2 Å². The molecular formula is C27H25ClN6O2S. The molecule has 1 aliphatic rings. The highest BCUT2D eigenvalue weighted by molar-refractivity contribution is 7.18. The number of thiazole rings is 1. The molecule has 0 spiro atoms. The maximum atomic E-state index is 13.0. The number of ether oxygens (including phenoxy) is 1. The normalized spacial score (nSPS) is 14.1. The summed E-state index contributed by atoms with van der Waals surface area (Å²) < 4.78 is 8.05. The zero-order valence-electron chi connectivity index (χ0n) is 20.1. The van der Waals surface area contributed by atoms with Crippen LogP contribution in [0.15, 0.2) is 66.1 Å². The molecule has 0 radical (unpaired) electrons. The molecule has 1 saturated carbocycles. The molecule has 0 amide bonds. The van der Waals surface area contributed by atoms with Gasteiger partial charge in [0.1, 0.15) is 12.4 Å². The maximum absolute atomic E-state index is 13.0. The highest BCUT2D eigenvalue weighted by Gasteiger charge is 2.23. The first-order chi connectivity index (χ1) is 18.0. The van der Waals surface area contributed by atoms with Crippen LogP contribution >= 0.6 is 22.9 Å². The minimum absolute atomic E-state index is 0.176. The number of aromatic nitrogens is 5.